The molecular weight excluding hydrogens is 437 g/mol. The van der Waals surface area contributed by atoms with Gasteiger partial charge in [0.1, 0.15) is 11.3 Å². The van der Waals surface area contributed by atoms with E-state index in [0.29, 0.717) is 16.6 Å². The molecule has 0 aliphatic rings. The van der Waals surface area contributed by atoms with Gasteiger partial charge in [0, 0.05) is 23.7 Å². The Bertz CT molecular complexity index is 1080. The largest absolute Gasteiger partial charge is 0.501 e. The van der Waals surface area contributed by atoms with E-state index in [2.05, 4.69) is 21.0 Å². The van der Waals surface area contributed by atoms with Crippen LogP contribution in [-0.2, 0) is 11.8 Å². The van der Waals surface area contributed by atoms with Crippen molar-refractivity contribution in [3.8, 4) is 0 Å². The highest BCUT2D eigenvalue weighted by molar-refractivity contribution is 9.10. The van der Waals surface area contributed by atoms with Gasteiger partial charge < -0.3 is 10.5 Å². The minimum atomic E-state index is -0.556. The number of benzene rings is 2. The van der Waals surface area contributed by atoms with E-state index in [4.69, 9.17) is 22.1 Å². The number of carbonyl (C=O) groups is 1. The minimum Gasteiger partial charge on any atom is -0.501 e. The van der Waals surface area contributed by atoms with Crippen LogP contribution in [0.2, 0.25) is 5.02 Å². The summed E-state index contributed by atoms with van der Waals surface area (Å²) in [4.78, 5) is 13.0. The van der Waals surface area contributed by atoms with Gasteiger partial charge in [-0.1, -0.05) is 11.6 Å². The summed E-state index contributed by atoms with van der Waals surface area (Å²) in [5.74, 6) is -1.04. The van der Waals surface area contributed by atoms with E-state index in [9.17, 15) is 9.18 Å². The van der Waals surface area contributed by atoms with Gasteiger partial charge in [-0.05, 0) is 53.2 Å². The topological polar surface area (TPSA) is 70.1 Å². The summed E-state index contributed by atoms with van der Waals surface area (Å²) in [6.07, 6.45) is 3.35. The lowest BCUT2D eigenvalue weighted by Crippen LogP contribution is -2.08. The van der Waals surface area contributed by atoms with Crippen molar-refractivity contribution in [2.24, 2.45) is 7.05 Å². The van der Waals surface area contributed by atoms with Gasteiger partial charge in [0.2, 0.25) is 0 Å². The van der Waals surface area contributed by atoms with E-state index in [-0.39, 0.29) is 21.8 Å². The van der Waals surface area contributed by atoms with Crippen molar-refractivity contribution in [1.82, 2.24) is 9.78 Å². The number of aromatic nitrogens is 2. The number of rotatable bonds is 5. The summed E-state index contributed by atoms with van der Waals surface area (Å²) in [5, 5.41) is 5.35. The molecule has 2 aromatic carbocycles. The quantitative estimate of drug-likeness (QED) is 0.338. The van der Waals surface area contributed by atoms with E-state index in [1.807, 2.05) is 6.92 Å². The average Bonchev–Trinajstić information content (AvgIpc) is 2.93. The Labute approximate surface area is 168 Å². The Morgan fingerprint density at radius 1 is 1.44 bits per heavy atom. The number of aryl methyl sites for hydroxylation is 1. The molecule has 0 aliphatic heterocycles. The molecule has 0 fully saturated rings. The number of ether oxygens (including phenoxy) is 1. The Morgan fingerprint density at radius 2 is 2.19 bits per heavy atom. The van der Waals surface area contributed by atoms with E-state index in [0.717, 1.165) is 17.1 Å². The lowest BCUT2D eigenvalue weighted by Gasteiger charge is -2.10. The Hall–Kier alpha value is -2.38. The van der Waals surface area contributed by atoms with Crippen molar-refractivity contribution < 1.29 is 13.9 Å². The zero-order valence-corrected chi connectivity index (χ0v) is 16.9. The van der Waals surface area contributed by atoms with Crippen LogP contribution in [0.25, 0.3) is 17.0 Å². The number of nitrogens with two attached hydrogens (primary N) is 1. The van der Waals surface area contributed by atoms with Gasteiger partial charge >= 0.3 is 0 Å². The van der Waals surface area contributed by atoms with Gasteiger partial charge in [0.15, 0.2) is 5.78 Å². The minimum absolute atomic E-state index is 0.0378. The third kappa shape index (κ3) is 3.57. The van der Waals surface area contributed by atoms with Crippen molar-refractivity contribution in [3.63, 3.8) is 0 Å². The van der Waals surface area contributed by atoms with Crippen LogP contribution >= 0.6 is 27.5 Å². The van der Waals surface area contributed by atoms with Crippen molar-refractivity contribution in [2.45, 2.75) is 6.92 Å². The Morgan fingerprint density at radius 3 is 2.89 bits per heavy atom. The summed E-state index contributed by atoms with van der Waals surface area (Å²) in [6, 6.07) is 5.29. The number of nitrogen functional groups attached to an aromatic ring is 1. The van der Waals surface area contributed by atoms with Crippen LogP contribution in [0, 0.1) is 5.82 Å². The standard InChI is InChI=1S/C19H16BrClFN3O2/c1-3-27-7-6-15-12-9-14(23)16(17(20)18(12)24-25(15)2)19(26)11-8-10(22)4-5-13(11)21/h4-9H,3,23H2,1-2H3/b7-6+. The number of nitrogens with zero attached hydrogens (tertiary/aromatic N) is 2. The molecular formula is C19H16BrClFN3O2. The molecule has 0 spiro atoms. The van der Waals surface area contributed by atoms with Crippen LogP contribution in [0.5, 0.6) is 0 Å². The SMILES string of the molecule is CCO/C=C/c1c2cc(N)c(C(=O)c3cc(F)ccc3Cl)c(Br)c2nn1C. The Kier molecular flexibility index (Phi) is 5.53. The number of ketones is 1. The van der Waals surface area contributed by atoms with Crippen LogP contribution in [0.3, 0.4) is 0 Å². The van der Waals surface area contributed by atoms with Crippen molar-refractivity contribution in [1.29, 1.82) is 0 Å². The summed E-state index contributed by atoms with van der Waals surface area (Å²) in [5.41, 5.74) is 7.95. The Balaban J connectivity index is 2.18. The highest BCUT2D eigenvalue weighted by atomic mass is 79.9. The first-order valence-electron chi connectivity index (χ1n) is 8.07. The lowest BCUT2D eigenvalue weighted by molar-refractivity contribution is 0.103. The molecule has 27 heavy (non-hydrogen) atoms. The number of hydrogen-bond donors (Lipinski definition) is 1. The predicted molar refractivity (Wildman–Crippen MR) is 108 cm³/mol. The van der Waals surface area contributed by atoms with Crippen LogP contribution in [-0.4, -0.2) is 22.2 Å². The number of hydrogen-bond acceptors (Lipinski definition) is 4. The molecule has 0 atom stereocenters. The van der Waals surface area contributed by atoms with E-state index in [1.54, 1.807) is 30.1 Å². The fourth-order valence-electron chi connectivity index (χ4n) is 2.77. The highest BCUT2D eigenvalue weighted by Gasteiger charge is 2.23. The first-order valence-corrected chi connectivity index (χ1v) is 9.24. The maximum Gasteiger partial charge on any atom is 0.197 e. The number of halogens is 3. The zero-order chi connectivity index (χ0) is 19.7. The third-order valence-corrected chi connectivity index (χ3v) is 5.14. The second-order valence-electron chi connectivity index (χ2n) is 5.77. The lowest BCUT2D eigenvalue weighted by atomic mass is 9.99. The molecule has 0 unspecified atom stereocenters. The summed E-state index contributed by atoms with van der Waals surface area (Å²) < 4.78 is 20.9. The van der Waals surface area contributed by atoms with Crippen molar-refractivity contribution in [2.75, 3.05) is 12.3 Å². The highest BCUT2D eigenvalue weighted by Crippen LogP contribution is 2.36. The van der Waals surface area contributed by atoms with Crippen LogP contribution < -0.4 is 5.73 Å². The number of carbonyl (C=O) groups excluding carboxylic acids is 1. The third-order valence-electron chi connectivity index (χ3n) is 4.03. The summed E-state index contributed by atoms with van der Waals surface area (Å²) >= 11 is 9.51. The van der Waals surface area contributed by atoms with E-state index in [1.165, 1.54) is 12.1 Å². The molecule has 8 heteroatoms. The van der Waals surface area contributed by atoms with Gasteiger partial charge in [-0.2, -0.15) is 5.10 Å². The first kappa shape index (κ1) is 19.4. The van der Waals surface area contributed by atoms with Crippen LogP contribution in [0.1, 0.15) is 28.5 Å². The predicted octanol–water partition coefficient (Wildman–Crippen LogP) is 4.95. The molecule has 0 saturated heterocycles. The maximum atomic E-state index is 13.6. The van der Waals surface area contributed by atoms with E-state index >= 15 is 0 Å². The zero-order valence-electron chi connectivity index (χ0n) is 14.6. The molecule has 3 rings (SSSR count). The van der Waals surface area contributed by atoms with Gasteiger partial charge in [0.05, 0.1) is 33.6 Å². The molecule has 1 aromatic heterocycles. The molecule has 140 valence electrons. The molecule has 3 aromatic rings. The molecule has 0 radical (unpaired) electrons. The number of anilines is 1. The molecule has 2 N–H and O–H groups in total. The molecule has 5 nitrogen and oxygen atoms in total. The van der Waals surface area contributed by atoms with Crippen molar-refractivity contribution in [3.05, 3.63) is 62.7 Å². The van der Waals surface area contributed by atoms with Gasteiger partial charge in [-0.25, -0.2) is 4.39 Å². The molecule has 0 aliphatic carbocycles. The second kappa shape index (κ2) is 7.70. The van der Waals surface area contributed by atoms with Gasteiger partial charge in [0.25, 0.3) is 0 Å². The average molecular weight is 453 g/mol. The fraction of sp³-hybridized carbons (Fsp3) is 0.158. The van der Waals surface area contributed by atoms with Crippen LogP contribution in [0.15, 0.2) is 35.0 Å². The van der Waals surface area contributed by atoms with Crippen LogP contribution in [0.4, 0.5) is 10.1 Å². The summed E-state index contributed by atoms with van der Waals surface area (Å²) in [6.45, 7) is 2.43. The second-order valence-corrected chi connectivity index (χ2v) is 6.97. The summed E-state index contributed by atoms with van der Waals surface area (Å²) in [7, 11) is 1.78. The molecule has 1 heterocycles. The van der Waals surface area contributed by atoms with E-state index < -0.39 is 11.6 Å². The smallest absolute Gasteiger partial charge is 0.197 e. The van der Waals surface area contributed by atoms with Gasteiger partial charge in [-0.15, -0.1) is 0 Å². The monoisotopic (exact) mass is 451 g/mol. The first-order chi connectivity index (χ1) is 12.8. The molecule has 0 saturated carbocycles. The fourth-order valence-corrected chi connectivity index (χ4v) is 3.68. The number of fused-ring (bicyclic) bond motifs is 1. The van der Waals surface area contributed by atoms with Gasteiger partial charge in [-0.3, -0.25) is 9.48 Å². The normalized spacial score (nSPS) is 11.4. The maximum absolute atomic E-state index is 13.6. The molecule has 0 amide bonds. The van der Waals surface area contributed by atoms with Crippen molar-refractivity contribution >= 4 is 56.0 Å². The molecule has 0 bridgehead atoms.